The molecule has 0 aliphatic carbocycles. The largest absolute Gasteiger partial charge is 0.451 e. The molecular weight excluding hydrogens is 248 g/mol. The molecule has 0 radical (unpaired) electrons. The summed E-state index contributed by atoms with van der Waals surface area (Å²) in [6.45, 7) is 2.03. The number of benzene rings is 2. The molecule has 0 heterocycles. The number of hydrogen-bond donors (Lipinski definition) is 1. The lowest BCUT2D eigenvalue weighted by atomic mass is 10.1. The molecule has 0 fully saturated rings. The van der Waals surface area contributed by atoms with Gasteiger partial charge in [0, 0.05) is 6.54 Å². The lowest BCUT2D eigenvalue weighted by Crippen LogP contribution is -2.01. The van der Waals surface area contributed by atoms with Crippen LogP contribution in [0.25, 0.3) is 0 Å². The molecule has 2 nitrogen and oxygen atoms in total. The summed E-state index contributed by atoms with van der Waals surface area (Å²) >= 11 is 0. The zero-order valence-corrected chi connectivity index (χ0v) is 10.6. The predicted octanol–water partition coefficient (Wildman–Crippen LogP) is 3.78. The Morgan fingerprint density at radius 2 is 1.74 bits per heavy atom. The normalized spacial score (nSPS) is 10.5. The van der Waals surface area contributed by atoms with Crippen LogP contribution in [-0.2, 0) is 13.0 Å². The van der Waals surface area contributed by atoms with Crippen molar-refractivity contribution in [2.45, 2.75) is 19.9 Å². The van der Waals surface area contributed by atoms with E-state index in [1.54, 1.807) is 12.1 Å². The third kappa shape index (κ3) is 2.90. The Labute approximate surface area is 110 Å². The van der Waals surface area contributed by atoms with Crippen LogP contribution in [0.15, 0.2) is 36.4 Å². The van der Waals surface area contributed by atoms with Gasteiger partial charge in [0.25, 0.3) is 0 Å². The van der Waals surface area contributed by atoms with Gasteiger partial charge in [-0.2, -0.15) is 0 Å². The highest BCUT2D eigenvalue weighted by Crippen LogP contribution is 2.30. The van der Waals surface area contributed by atoms with Gasteiger partial charge in [0.1, 0.15) is 5.75 Å². The Morgan fingerprint density at radius 3 is 2.32 bits per heavy atom. The number of halogens is 2. The Morgan fingerprint density at radius 1 is 1.11 bits per heavy atom. The van der Waals surface area contributed by atoms with Gasteiger partial charge in [0.2, 0.25) is 0 Å². The highest BCUT2D eigenvalue weighted by molar-refractivity contribution is 5.40. The zero-order chi connectivity index (χ0) is 13.8. The van der Waals surface area contributed by atoms with Crippen molar-refractivity contribution in [3.63, 3.8) is 0 Å². The van der Waals surface area contributed by atoms with Gasteiger partial charge >= 0.3 is 0 Å². The number of hydrogen-bond acceptors (Lipinski definition) is 2. The Bertz CT molecular complexity index is 561. The minimum Gasteiger partial charge on any atom is -0.451 e. The second-order valence-electron chi connectivity index (χ2n) is 4.16. The second kappa shape index (κ2) is 5.80. The fourth-order valence-corrected chi connectivity index (χ4v) is 1.83. The second-order valence-corrected chi connectivity index (χ2v) is 4.16. The summed E-state index contributed by atoms with van der Waals surface area (Å²) in [6, 6.07) is 9.54. The first-order chi connectivity index (χ1) is 9.15. The minimum atomic E-state index is -0.744. The molecule has 0 aliphatic rings. The van der Waals surface area contributed by atoms with Gasteiger partial charge in [0.15, 0.2) is 17.4 Å². The molecule has 2 aromatic carbocycles. The summed E-state index contributed by atoms with van der Waals surface area (Å²) in [4.78, 5) is 0. The van der Waals surface area contributed by atoms with Crippen LogP contribution >= 0.6 is 0 Å². The van der Waals surface area contributed by atoms with Gasteiger partial charge in [-0.3, -0.25) is 0 Å². The van der Waals surface area contributed by atoms with Crippen LogP contribution in [0.1, 0.15) is 18.1 Å². The number of rotatable bonds is 4. The number of nitrogens with two attached hydrogens (primary N) is 1. The van der Waals surface area contributed by atoms with Crippen molar-refractivity contribution >= 4 is 0 Å². The lowest BCUT2D eigenvalue weighted by Gasteiger charge is -2.12. The first-order valence-electron chi connectivity index (χ1n) is 6.09. The smallest absolute Gasteiger partial charge is 0.198 e. The molecule has 0 bridgehead atoms. The van der Waals surface area contributed by atoms with Crippen molar-refractivity contribution in [1.29, 1.82) is 0 Å². The number of para-hydroxylation sites is 1. The van der Waals surface area contributed by atoms with Crippen molar-refractivity contribution in [3.8, 4) is 11.5 Å². The van der Waals surface area contributed by atoms with Crippen molar-refractivity contribution in [2.75, 3.05) is 0 Å². The van der Waals surface area contributed by atoms with Crippen molar-refractivity contribution in [1.82, 2.24) is 0 Å². The Kier molecular flexibility index (Phi) is 4.12. The van der Waals surface area contributed by atoms with E-state index in [4.69, 9.17) is 10.5 Å². The molecule has 4 heteroatoms. The van der Waals surface area contributed by atoms with E-state index in [1.807, 2.05) is 19.1 Å². The molecule has 0 unspecified atom stereocenters. The van der Waals surface area contributed by atoms with Gasteiger partial charge in [-0.1, -0.05) is 25.1 Å². The Hall–Kier alpha value is -1.94. The van der Waals surface area contributed by atoms with E-state index >= 15 is 0 Å². The van der Waals surface area contributed by atoms with Gasteiger partial charge in [0.05, 0.1) is 0 Å². The topological polar surface area (TPSA) is 35.2 Å². The van der Waals surface area contributed by atoms with E-state index in [0.717, 1.165) is 12.0 Å². The molecule has 0 saturated carbocycles. The summed E-state index contributed by atoms with van der Waals surface area (Å²) in [7, 11) is 0. The van der Waals surface area contributed by atoms with E-state index < -0.39 is 17.4 Å². The van der Waals surface area contributed by atoms with E-state index in [-0.39, 0.29) is 6.54 Å². The molecule has 2 rings (SSSR count). The van der Waals surface area contributed by atoms with Crippen molar-refractivity contribution in [3.05, 3.63) is 59.2 Å². The molecule has 0 spiro atoms. The Balaban J connectivity index is 2.38. The van der Waals surface area contributed by atoms with E-state index in [1.165, 1.54) is 12.1 Å². The molecule has 0 atom stereocenters. The third-order valence-corrected chi connectivity index (χ3v) is 2.86. The van der Waals surface area contributed by atoms with Crippen LogP contribution in [0.4, 0.5) is 8.78 Å². The molecule has 0 saturated heterocycles. The first kappa shape index (κ1) is 13.5. The van der Waals surface area contributed by atoms with Gasteiger partial charge in [-0.25, -0.2) is 8.78 Å². The van der Waals surface area contributed by atoms with Crippen LogP contribution < -0.4 is 10.5 Å². The third-order valence-electron chi connectivity index (χ3n) is 2.86. The van der Waals surface area contributed by atoms with Crippen LogP contribution in [0, 0.1) is 11.6 Å². The maximum Gasteiger partial charge on any atom is 0.198 e. The van der Waals surface area contributed by atoms with Crippen LogP contribution in [0.2, 0.25) is 0 Å². The quantitative estimate of drug-likeness (QED) is 0.911. The monoisotopic (exact) mass is 263 g/mol. The highest BCUT2D eigenvalue weighted by atomic mass is 19.1. The maximum absolute atomic E-state index is 13.8. The van der Waals surface area contributed by atoms with Crippen molar-refractivity contribution < 1.29 is 13.5 Å². The minimum absolute atomic E-state index is 0.0830. The fraction of sp³-hybridized carbons (Fsp3) is 0.200. The molecular formula is C15H15F2NO. The van der Waals surface area contributed by atoms with Gasteiger partial charge in [-0.05, 0) is 35.7 Å². The first-order valence-corrected chi connectivity index (χ1v) is 6.09. The molecule has 2 aromatic rings. The predicted molar refractivity (Wildman–Crippen MR) is 70.1 cm³/mol. The van der Waals surface area contributed by atoms with E-state index in [9.17, 15) is 8.78 Å². The zero-order valence-electron chi connectivity index (χ0n) is 10.6. The molecule has 0 aliphatic heterocycles. The van der Waals surface area contributed by atoms with Crippen molar-refractivity contribution in [2.24, 2.45) is 5.73 Å². The highest BCUT2D eigenvalue weighted by Gasteiger charge is 2.14. The average molecular weight is 263 g/mol. The van der Waals surface area contributed by atoms with E-state index in [0.29, 0.717) is 11.3 Å². The summed E-state index contributed by atoms with van der Waals surface area (Å²) in [5, 5.41) is 0. The maximum atomic E-state index is 13.8. The standard InChI is InChI=1S/C15H15F2NO/c1-2-11-5-3-4-6-14(11)19-15-12(16)7-10(9-18)8-13(15)17/h3-8H,2,9,18H2,1H3. The fourth-order valence-electron chi connectivity index (χ4n) is 1.83. The molecule has 100 valence electrons. The lowest BCUT2D eigenvalue weighted by molar-refractivity contribution is 0.403. The van der Waals surface area contributed by atoms with Crippen LogP contribution in [0.3, 0.4) is 0 Å². The van der Waals surface area contributed by atoms with E-state index in [2.05, 4.69) is 0 Å². The average Bonchev–Trinajstić information content (AvgIpc) is 2.43. The molecule has 19 heavy (non-hydrogen) atoms. The summed E-state index contributed by atoms with van der Waals surface area (Å²) in [6.07, 6.45) is 0.723. The molecule has 0 aromatic heterocycles. The summed E-state index contributed by atoms with van der Waals surface area (Å²) in [5.41, 5.74) is 6.65. The SMILES string of the molecule is CCc1ccccc1Oc1c(F)cc(CN)cc1F. The van der Waals surface area contributed by atoms with Crippen LogP contribution in [-0.4, -0.2) is 0 Å². The molecule has 2 N–H and O–H groups in total. The summed E-state index contributed by atoms with van der Waals surface area (Å²) in [5.74, 6) is -1.42. The number of ether oxygens (including phenoxy) is 1. The number of aryl methyl sites for hydroxylation is 1. The van der Waals surface area contributed by atoms with Gasteiger partial charge < -0.3 is 10.5 Å². The molecule has 0 amide bonds. The summed E-state index contributed by atoms with van der Waals surface area (Å²) < 4.78 is 33.0. The van der Waals surface area contributed by atoms with Gasteiger partial charge in [-0.15, -0.1) is 0 Å². The van der Waals surface area contributed by atoms with Crippen LogP contribution in [0.5, 0.6) is 11.5 Å².